The first kappa shape index (κ1) is 21.1. The summed E-state index contributed by atoms with van der Waals surface area (Å²) < 4.78 is 13.0. The predicted molar refractivity (Wildman–Crippen MR) is 116 cm³/mol. The second kappa shape index (κ2) is 9.75. The van der Waals surface area contributed by atoms with E-state index < -0.39 is 0 Å². The van der Waals surface area contributed by atoms with Crippen molar-refractivity contribution >= 4 is 5.91 Å². The third-order valence-corrected chi connectivity index (χ3v) is 5.61. The van der Waals surface area contributed by atoms with Crippen LogP contribution in [0.2, 0.25) is 0 Å². The van der Waals surface area contributed by atoms with Crippen LogP contribution < -0.4 is 5.32 Å². The number of carbonyl (C=O) groups is 1. The molecule has 0 radical (unpaired) electrons. The molecule has 3 aromatic rings. The van der Waals surface area contributed by atoms with Crippen LogP contribution in [0.3, 0.4) is 0 Å². The molecule has 1 aliphatic rings. The average molecular weight is 420 g/mol. The molecule has 1 amide bonds. The minimum absolute atomic E-state index is 0.227. The van der Waals surface area contributed by atoms with Gasteiger partial charge in [-0.3, -0.25) is 14.7 Å². The molecule has 1 aliphatic heterocycles. The molecule has 0 spiro atoms. The summed E-state index contributed by atoms with van der Waals surface area (Å²) in [5.74, 6) is 0.524. The maximum Gasteiger partial charge on any atom is 0.254 e. The van der Waals surface area contributed by atoms with Gasteiger partial charge in [0.15, 0.2) is 0 Å². The molecule has 4 rings (SSSR count). The van der Waals surface area contributed by atoms with Gasteiger partial charge in [0.2, 0.25) is 0 Å². The van der Waals surface area contributed by atoms with Crippen LogP contribution in [0.15, 0.2) is 55.0 Å². The van der Waals surface area contributed by atoms with Crippen molar-refractivity contribution in [3.63, 3.8) is 0 Å². The van der Waals surface area contributed by atoms with E-state index in [0.717, 1.165) is 43.9 Å². The second-order valence-corrected chi connectivity index (χ2v) is 7.97. The summed E-state index contributed by atoms with van der Waals surface area (Å²) in [5, 5.41) is 2.85. The first-order chi connectivity index (χ1) is 15.1. The number of likely N-dealkylation sites (tertiary alicyclic amines) is 1. The lowest BCUT2D eigenvalue weighted by Crippen LogP contribution is -2.34. The lowest BCUT2D eigenvalue weighted by molar-refractivity contribution is 0.0949. The van der Waals surface area contributed by atoms with Gasteiger partial charge in [0.25, 0.3) is 5.91 Å². The number of carbonyl (C=O) groups excluding carboxylic acids is 1. The fourth-order valence-electron chi connectivity index (χ4n) is 3.94. The van der Waals surface area contributed by atoms with Crippen LogP contribution in [0.5, 0.6) is 0 Å². The van der Waals surface area contributed by atoms with E-state index in [0.29, 0.717) is 17.8 Å². The van der Waals surface area contributed by atoms with E-state index in [-0.39, 0.29) is 17.6 Å². The van der Waals surface area contributed by atoms with Crippen LogP contribution in [0.1, 0.15) is 51.8 Å². The quantitative estimate of drug-likeness (QED) is 0.661. The number of nitrogens with zero attached hydrogens (tertiary/aromatic N) is 4. The monoisotopic (exact) mass is 419 g/mol. The Balaban J connectivity index is 1.38. The molecule has 1 N–H and O–H groups in total. The van der Waals surface area contributed by atoms with Crippen molar-refractivity contribution in [2.45, 2.75) is 38.8 Å². The molecule has 1 saturated heterocycles. The zero-order valence-electron chi connectivity index (χ0n) is 17.6. The summed E-state index contributed by atoms with van der Waals surface area (Å²) in [6.45, 7) is 4.98. The molecule has 31 heavy (non-hydrogen) atoms. The molecule has 7 heteroatoms. The van der Waals surface area contributed by atoms with Gasteiger partial charge in [-0.05, 0) is 55.6 Å². The summed E-state index contributed by atoms with van der Waals surface area (Å²) in [6.07, 6.45) is 7.45. The van der Waals surface area contributed by atoms with E-state index in [9.17, 15) is 9.18 Å². The standard InChI is InChI=1S/C24H26FN5O/c1-17-22(24(31)28-13-18-6-8-21(25)9-7-18)14-27-23(29-17)20-5-3-11-30(16-20)15-19-4-2-10-26-12-19/h2,4,6-10,12,14,20H,3,5,11,13,15-16H2,1H3,(H,28,31)/t20-/m1/s1. The summed E-state index contributed by atoms with van der Waals surface area (Å²) in [7, 11) is 0. The number of hydrogen-bond donors (Lipinski definition) is 1. The van der Waals surface area contributed by atoms with Crippen LogP contribution >= 0.6 is 0 Å². The van der Waals surface area contributed by atoms with Crippen molar-refractivity contribution in [2.24, 2.45) is 0 Å². The number of aryl methyl sites for hydroxylation is 1. The Morgan fingerprint density at radius 3 is 2.77 bits per heavy atom. The Morgan fingerprint density at radius 2 is 2.03 bits per heavy atom. The van der Waals surface area contributed by atoms with Gasteiger partial charge in [0.05, 0.1) is 11.3 Å². The van der Waals surface area contributed by atoms with Crippen molar-refractivity contribution in [2.75, 3.05) is 13.1 Å². The maximum atomic E-state index is 13.0. The highest BCUT2D eigenvalue weighted by molar-refractivity contribution is 5.94. The minimum atomic E-state index is -0.295. The summed E-state index contributed by atoms with van der Waals surface area (Å²) in [6, 6.07) is 10.1. The third kappa shape index (κ3) is 5.49. The molecular weight excluding hydrogens is 393 g/mol. The number of halogens is 1. The number of amides is 1. The van der Waals surface area contributed by atoms with Gasteiger partial charge in [-0.25, -0.2) is 14.4 Å². The van der Waals surface area contributed by atoms with Gasteiger partial charge in [-0.2, -0.15) is 0 Å². The molecule has 0 unspecified atom stereocenters. The topological polar surface area (TPSA) is 71.0 Å². The normalized spacial score (nSPS) is 16.8. The number of piperidine rings is 1. The number of benzene rings is 1. The Kier molecular flexibility index (Phi) is 6.62. The Morgan fingerprint density at radius 1 is 1.19 bits per heavy atom. The Bertz CT molecular complexity index is 1030. The summed E-state index contributed by atoms with van der Waals surface area (Å²) >= 11 is 0. The number of aromatic nitrogens is 3. The number of rotatable bonds is 6. The molecule has 0 saturated carbocycles. The molecule has 6 nitrogen and oxygen atoms in total. The minimum Gasteiger partial charge on any atom is -0.348 e. The Labute approximate surface area is 181 Å². The maximum absolute atomic E-state index is 13.0. The molecule has 1 atom stereocenters. The van der Waals surface area contributed by atoms with Crippen LogP contribution in [-0.2, 0) is 13.1 Å². The molecule has 160 valence electrons. The molecule has 0 bridgehead atoms. The second-order valence-electron chi connectivity index (χ2n) is 7.97. The van der Waals surface area contributed by atoms with E-state index in [4.69, 9.17) is 0 Å². The van der Waals surface area contributed by atoms with E-state index in [1.54, 1.807) is 24.5 Å². The van der Waals surface area contributed by atoms with Gasteiger partial charge < -0.3 is 5.32 Å². The highest BCUT2D eigenvalue weighted by atomic mass is 19.1. The van der Waals surface area contributed by atoms with E-state index in [2.05, 4.69) is 31.2 Å². The fraction of sp³-hybridized carbons (Fsp3) is 0.333. The van der Waals surface area contributed by atoms with E-state index >= 15 is 0 Å². The van der Waals surface area contributed by atoms with Crippen molar-refractivity contribution in [3.8, 4) is 0 Å². The SMILES string of the molecule is Cc1nc([C@@H]2CCCN(Cc3cccnc3)C2)ncc1C(=O)NCc1ccc(F)cc1. The zero-order valence-corrected chi connectivity index (χ0v) is 17.6. The van der Waals surface area contributed by atoms with Gasteiger partial charge in [0.1, 0.15) is 11.6 Å². The van der Waals surface area contributed by atoms with Gasteiger partial charge >= 0.3 is 0 Å². The molecule has 1 fully saturated rings. The van der Waals surface area contributed by atoms with Crippen LogP contribution in [0, 0.1) is 12.7 Å². The molecular formula is C24H26FN5O. The summed E-state index contributed by atoms with van der Waals surface area (Å²) in [4.78, 5) is 28.4. The van der Waals surface area contributed by atoms with E-state index in [1.807, 2.05) is 19.2 Å². The van der Waals surface area contributed by atoms with Gasteiger partial charge in [-0.1, -0.05) is 18.2 Å². The number of pyridine rings is 1. The van der Waals surface area contributed by atoms with Crippen LogP contribution in [0.25, 0.3) is 0 Å². The van der Waals surface area contributed by atoms with Crippen molar-refractivity contribution in [1.82, 2.24) is 25.2 Å². The summed E-state index contributed by atoms with van der Waals surface area (Å²) in [5.41, 5.74) is 3.18. The highest BCUT2D eigenvalue weighted by Gasteiger charge is 2.24. The van der Waals surface area contributed by atoms with Crippen LogP contribution in [0.4, 0.5) is 4.39 Å². The average Bonchev–Trinajstić information content (AvgIpc) is 2.79. The smallest absolute Gasteiger partial charge is 0.254 e. The predicted octanol–water partition coefficient (Wildman–Crippen LogP) is 3.63. The lowest BCUT2D eigenvalue weighted by Gasteiger charge is -2.32. The van der Waals surface area contributed by atoms with Crippen molar-refractivity contribution in [3.05, 3.63) is 89.0 Å². The largest absolute Gasteiger partial charge is 0.348 e. The molecule has 1 aromatic carbocycles. The number of nitrogens with one attached hydrogen (secondary N) is 1. The zero-order chi connectivity index (χ0) is 21.6. The molecule has 0 aliphatic carbocycles. The third-order valence-electron chi connectivity index (χ3n) is 5.61. The van der Waals surface area contributed by atoms with Crippen LogP contribution in [-0.4, -0.2) is 38.8 Å². The van der Waals surface area contributed by atoms with Crippen molar-refractivity contribution < 1.29 is 9.18 Å². The fourth-order valence-corrected chi connectivity index (χ4v) is 3.94. The lowest BCUT2D eigenvalue weighted by atomic mass is 9.96. The van der Waals surface area contributed by atoms with Gasteiger partial charge in [0, 0.05) is 44.1 Å². The Hall–Kier alpha value is -3.19. The molecule has 3 heterocycles. The van der Waals surface area contributed by atoms with Gasteiger partial charge in [-0.15, -0.1) is 0 Å². The molecule has 2 aromatic heterocycles. The first-order valence-corrected chi connectivity index (χ1v) is 10.6. The van der Waals surface area contributed by atoms with Crippen molar-refractivity contribution in [1.29, 1.82) is 0 Å². The number of hydrogen-bond acceptors (Lipinski definition) is 5. The highest BCUT2D eigenvalue weighted by Crippen LogP contribution is 2.26. The first-order valence-electron chi connectivity index (χ1n) is 10.6. The van der Waals surface area contributed by atoms with E-state index in [1.165, 1.54) is 17.7 Å².